The van der Waals surface area contributed by atoms with Crippen molar-refractivity contribution in [1.29, 1.82) is 0 Å². The Balaban J connectivity index is 0.00000261. The summed E-state index contributed by atoms with van der Waals surface area (Å²) in [4.78, 5) is 42.9. The Labute approximate surface area is 186 Å². The van der Waals surface area contributed by atoms with Crippen LogP contribution in [-0.4, -0.2) is 52.7 Å². The molecule has 3 heterocycles. The van der Waals surface area contributed by atoms with Crippen LogP contribution in [0.3, 0.4) is 0 Å². The van der Waals surface area contributed by atoms with Crippen LogP contribution >= 0.6 is 23.1 Å². The van der Waals surface area contributed by atoms with Gasteiger partial charge in [-0.2, -0.15) is 0 Å². The number of amides is 2. The second-order valence-electron chi connectivity index (χ2n) is 5.69. The van der Waals surface area contributed by atoms with Crippen LogP contribution in [-0.2, 0) is 25.6 Å². The number of fused-ring (bicyclic) bond motifs is 1. The number of hydrogen-bond acceptors (Lipinski definition) is 8. The SMILES string of the molecule is CON=CC1=C(C(=O)[O-])N2C(=O)C(NC(=O)Cc3cccs3)[C@@H]2S[C@@H]1C.[Na+]. The first-order valence-corrected chi connectivity index (χ1v) is 9.58. The maximum atomic E-state index is 12.5. The molecule has 1 saturated heterocycles. The molecule has 3 atom stereocenters. The van der Waals surface area contributed by atoms with Gasteiger partial charge in [-0.15, -0.1) is 23.1 Å². The number of carboxylic acids is 1. The molecule has 138 valence electrons. The van der Waals surface area contributed by atoms with E-state index in [1.54, 1.807) is 6.92 Å². The average Bonchev–Trinajstić information content (AvgIpc) is 3.10. The van der Waals surface area contributed by atoms with E-state index in [2.05, 4.69) is 15.3 Å². The van der Waals surface area contributed by atoms with Gasteiger partial charge in [0.1, 0.15) is 18.5 Å². The minimum atomic E-state index is -1.46. The molecule has 27 heavy (non-hydrogen) atoms. The Kier molecular flexibility index (Phi) is 7.52. The quantitative estimate of drug-likeness (QED) is 0.225. The van der Waals surface area contributed by atoms with E-state index < -0.39 is 23.3 Å². The molecule has 1 unspecified atom stereocenters. The largest absolute Gasteiger partial charge is 1.00 e. The summed E-state index contributed by atoms with van der Waals surface area (Å²) in [7, 11) is 1.34. The minimum absolute atomic E-state index is 0. The van der Waals surface area contributed by atoms with E-state index >= 15 is 0 Å². The summed E-state index contributed by atoms with van der Waals surface area (Å²) in [6.07, 6.45) is 1.46. The first-order valence-electron chi connectivity index (χ1n) is 7.76. The van der Waals surface area contributed by atoms with Gasteiger partial charge >= 0.3 is 29.6 Å². The Morgan fingerprint density at radius 2 is 2.22 bits per heavy atom. The fourth-order valence-corrected chi connectivity index (χ4v) is 4.99. The van der Waals surface area contributed by atoms with Gasteiger partial charge in [0.05, 0.1) is 24.3 Å². The normalized spacial score (nSPS) is 24.1. The number of carbonyl (C=O) groups is 3. The van der Waals surface area contributed by atoms with Crippen LogP contribution in [0.15, 0.2) is 33.9 Å². The van der Waals surface area contributed by atoms with E-state index in [-0.39, 0.29) is 52.8 Å². The van der Waals surface area contributed by atoms with E-state index in [1.807, 2.05) is 17.5 Å². The van der Waals surface area contributed by atoms with Crippen molar-refractivity contribution < 1.29 is 53.9 Å². The fraction of sp³-hybridized carbons (Fsp3) is 0.375. The number of rotatable bonds is 6. The molecular formula is C16H16N3NaO5S2. The number of nitrogens with zero attached hydrogens (tertiary/aromatic N) is 2. The minimum Gasteiger partial charge on any atom is -0.543 e. The van der Waals surface area contributed by atoms with Crippen molar-refractivity contribution in [1.82, 2.24) is 10.2 Å². The first-order chi connectivity index (χ1) is 12.4. The third-order valence-electron chi connectivity index (χ3n) is 4.06. The molecule has 0 saturated carbocycles. The number of hydrogen-bond donors (Lipinski definition) is 1. The molecule has 3 rings (SSSR count). The monoisotopic (exact) mass is 417 g/mol. The number of β-lactam (4-membered cyclic amide) rings is 1. The molecule has 1 aromatic heterocycles. The van der Waals surface area contributed by atoms with Crippen molar-refractivity contribution in [3.05, 3.63) is 33.7 Å². The van der Waals surface area contributed by atoms with Gasteiger partial charge in [-0.05, 0) is 18.4 Å². The van der Waals surface area contributed by atoms with E-state index in [9.17, 15) is 19.5 Å². The van der Waals surface area contributed by atoms with Gasteiger partial charge in [0.15, 0.2) is 0 Å². The van der Waals surface area contributed by atoms with E-state index in [0.717, 1.165) is 9.78 Å². The van der Waals surface area contributed by atoms with E-state index in [0.29, 0.717) is 5.57 Å². The molecule has 0 aliphatic carbocycles. The molecule has 0 spiro atoms. The van der Waals surface area contributed by atoms with Gasteiger partial charge in [0.25, 0.3) is 5.91 Å². The Morgan fingerprint density at radius 3 is 2.81 bits per heavy atom. The zero-order valence-electron chi connectivity index (χ0n) is 15.0. The molecule has 11 heteroatoms. The smallest absolute Gasteiger partial charge is 0.543 e. The summed E-state index contributed by atoms with van der Waals surface area (Å²) in [5.74, 6) is -2.21. The number of oxime groups is 1. The third-order valence-corrected chi connectivity index (χ3v) is 6.36. The second-order valence-corrected chi connectivity index (χ2v) is 8.18. The molecule has 0 bridgehead atoms. The van der Waals surface area contributed by atoms with E-state index in [4.69, 9.17) is 0 Å². The van der Waals surface area contributed by atoms with Crippen molar-refractivity contribution in [2.24, 2.45) is 5.16 Å². The van der Waals surface area contributed by atoms with E-state index in [1.165, 1.54) is 36.4 Å². The van der Waals surface area contributed by atoms with Gasteiger partial charge in [-0.25, -0.2) is 0 Å². The molecule has 1 N–H and O–H groups in total. The van der Waals surface area contributed by atoms with Gasteiger partial charge in [-0.1, -0.05) is 11.2 Å². The van der Waals surface area contributed by atoms with Gasteiger partial charge < -0.3 is 20.1 Å². The summed E-state index contributed by atoms with van der Waals surface area (Å²) in [5, 5.41) is 19.0. The van der Waals surface area contributed by atoms with Crippen LogP contribution < -0.4 is 40.0 Å². The molecule has 0 aromatic carbocycles. The molecule has 1 fully saturated rings. The number of aliphatic carboxylic acids is 1. The maximum absolute atomic E-state index is 12.5. The zero-order valence-corrected chi connectivity index (χ0v) is 18.6. The van der Waals surface area contributed by atoms with Crippen molar-refractivity contribution in [2.45, 2.75) is 30.0 Å². The Bertz CT molecular complexity index is 796. The number of nitrogens with one attached hydrogen (secondary N) is 1. The standard InChI is InChI=1S/C16H17N3O5S2.Na/c1-8-10(7-17-24-2)13(16(22)23)19-14(21)12(15(19)26-8)18-11(20)6-9-4-3-5-25-9;/h3-5,7-8,12,15H,6H2,1-2H3,(H,18,20)(H,22,23);/q;+1/p-1/t8-,12?,15+;/m1./s1. The van der Waals surface area contributed by atoms with Crippen LogP contribution in [0.1, 0.15) is 11.8 Å². The summed E-state index contributed by atoms with van der Waals surface area (Å²) in [6, 6.07) is 2.93. The van der Waals surface area contributed by atoms with Crippen LogP contribution in [0.25, 0.3) is 0 Å². The number of carbonyl (C=O) groups excluding carboxylic acids is 3. The fourth-order valence-electron chi connectivity index (χ4n) is 2.88. The zero-order chi connectivity index (χ0) is 18.8. The van der Waals surface area contributed by atoms with Crippen molar-refractivity contribution in [2.75, 3.05) is 7.11 Å². The number of carboxylic acid groups (broad SMARTS) is 1. The summed E-state index contributed by atoms with van der Waals surface area (Å²) < 4.78 is 0. The van der Waals surface area contributed by atoms with Gasteiger partial charge in [-0.3, -0.25) is 14.5 Å². The maximum Gasteiger partial charge on any atom is 1.00 e. The molecular weight excluding hydrogens is 401 g/mol. The topological polar surface area (TPSA) is 111 Å². The first kappa shape index (κ1) is 22.0. The van der Waals surface area contributed by atoms with Crippen LogP contribution in [0.2, 0.25) is 0 Å². The van der Waals surface area contributed by atoms with Gasteiger partial charge in [0.2, 0.25) is 5.91 Å². The molecule has 2 amide bonds. The Hall–Kier alpha value is -1.33. The second kappa shape index (κ2) is 9.24. The molecule has 2 aliphatic rings. The third kappa shape index (κ3) is 4.40. The van der Waals surface area contributed by atoms with Crippen LogP contribution in [0.5, 0.6) is 0 Å². The van der Waals surface area contributed by atoms with Crippen molar-refractivity contribution in [3.63, 3.8) is 0 Å². The number of thiophene rings is 1. The Morgan fingerprint density at radius 1 is 1.48 bits per heavy atom. The molecule has 2 aliphatic heterocycles. The van der Waals surface area contributed by atoms with Crippen LogP contribution in [0, 0.1) is 0 Å². The molecule has 8 nitrogen and oxygen atoms in total. The predicted octanol–water partition coefficient (Wildman–Crippen LogP) is -3.28. The molecule has 0 radical (unpaired) electrons. The predicted molar refractivity (Wildman–Crippen MR) is 95.2 cm³/mol. The molecule has 1 aromatic rings. The summed E-state index contributed by atoms with van der Waals surface area (Å²) in [5.41, 5.74) is 0.112. The summed E-state index contributed by atoms with van der Waals surface area (Å²) >= 11 is 2.83. The van der Waals surface area contributed by atoms with Crippen LogP contribution in [0.4, 0.5) is 0 Å². The number of thioether (sulfide) groups is 1. The summed E-state index contributed by atoms with van der Waals surface area (Å²) in [6.45, 7) is 1.80. The van der Waals surface area contributed by atoms with Gasteiger partial charge in [0, 0.05) is 15.7 Å². The average molecular weight is 417 g/mol. The van der Waals surface area contributed by atoms with Crippen molar-refractivity contribution >= 4 is 47.1 Å². The van der Waals surface area contributed by atoms with Crippen molar-refractivity contribution in [3.8, 4) is 0 Å².